The lowest BCUT2D eigenvalue weighted by atomic mass is 10.2. The first-order valence-corrected chi connectivity index (χ1v) is 8.74. The van der Waals surface area contributed by atoms with Crippen molar-refractivity contribution in [1.29, 1.82) is 0 Å². The van der Waals surface area contributed by atoms with Crippen LogP contribution in [0.15, 0.2) is 30.5 Å². The number of amides is 2. The number of fused-ring (bicyclic) bond motifs is 2. The van der Waals surface area contributed by atoms with E-state index >= 15 is 0 Å². The number of imidazole rings is 1. The summed E-state index contributed by atoms with van der Waals surface area (Å²) in [5.41, 5.74) is 1.68. The molecule has 0 saturated carbocycles. The number of halogens is 1. The molecule has 9 heteroatoms. The van der Waals surface area contributed by atoms with Crippen LogP contribution in [0.4, 0.5) is 0 Å². The highest BCUT2D eigenvalue weighted by atomic mass is 35.5. The number of benzene rings is 1. The van der Waals surface area contributed by atoms with Crippen LogP contribution >= 0.6 is 22.9 Å². The van der Waals surface area contributed by atoms with Crippen molar-refractivity contribution in [3.05, 3.63) is 51.9 Å². The third kappa shape index (κ3) is 2.68. The molecule has 0 saturated heterocycles. The Labute approximate surface area is 151 Å². The van der Waals surface area contributed by atoms with Gasteiger partial charge in [-0.2, -0.15) is 0 Å². The highest BCUT2D eigenvalue weighted by Crippen LogP contribution is 2.36. The van der Waals surface area contributed by atoms with E-state index in [1.165, 1.54) is 11.3 Å². The number of nitrogens with zero attached hydrogens (tertiary/aromatic N) is 3. The summed E-state index contributed by atoms with van der Waals surface area (Å²) >= 11 is 7.77. The summed E-state index contributed by atoms with van der Waals surface area (Å²) in [4.78, 5) is 30.7. The summed E-state index contributed by atoms with van der Waals surface area (Å²) in [5.74, 6) is -0.226. The van der Waals surface area contributed by atoms with Crippen LogP contribution in [0.25, 0.3) is 10.1 Å². The predicted molar refractivity (Wildman–Crippen MR) is 93.1 cm³/mol. The van der Waals surface area contributed by atoms with Crippen LogP contribution in [0.1, 0.15) is 26.0 Å². The van der Waals surface area contributed by atoms with Gasteiger partial charge >= 0.3 is 0 Å². The topological polar surface area (TPSA) is 87.5 Å². The third-order valence-electron chi connectivity index (χ3n) is 4.15. The summed E-state index contributed by atoms with van der Waals surface area (Å²) < 4.78 is 2.78. The Bertz CT molecular complexity index is 997. The molecule has 0 spiro atoms. The van der Waals surface area contributed by atoms with Crippen LogP contribution in [-0.4, -0.2) is 38.0 Å². The van der Waals surface area contributed by atoms with Crippen molar-refractivity contribution < 1.29 is 14.8 Å². The Balaban J connectivity index is 1.62. The Kier molecular flexibility index (Phi) is 3.95. The number of aromatic nitrogens is 2. The Morgan fingerprint density at radius 3 is 2.84 bits per heavy atom. The molecule has 2 aromatic heterocycles. The normalized spacial score (nSPS) is 13.8. The van der Waals surface area contributed by atoms with E-state index < -0.39 is 5.91 Å². The van der Waals surface area contributed by atoms with Crippen molar-refractivity contribution in [3.63, 3.8) is 0 Å². The number of nitrogens with one attached hydrogen (secondary N) is 1. The summed E-state index contributed by atoms with van der Waals surface area (Å²) in [5, 5.41) is 10.1. The van der Waals surface area contributed by atoms with E-state index in [1.807, 2.05) is 24.3 Å². The second-order valence-corrected chi connectivity index (χ2v) is 7.07. The highest BCUT2D eigenvalue weighted by molar-refractivity contribution is 7.21. The predicted octanol–water partition coefficient (Wildman–Crippen LogP) is 2.53. The van der Waals surface area contributed by atoms with E-state index in [1.54, 1.807) is 21.1 Å². The number of carbonyl (C=O) groups excluding carboxylic acids is 2. The third-order valence-corrected chi connectivity index (χ3v) is 5.82. The highest BCUT2D eigenvalue weighted by Gasteiger charge is 2.27. The molecule has 0 bridgehead atoms. The minimum absolute atomic E-state index is 0.117. The Morgan fingerprint density at radius 1 is 1.28 bits per heavy atom. The van der Waals surface area contributed by atoms with Gasteiger partial charge in [0.25, 0.3) is 11.8 Å². The Morgan fingerprint density at radius 2 is 2.08 bits per heavy atom. The fourth-order valence-corrected chi connectivity index (χ4v) is 4.37. The number of rotatable bonds is 2. The SMILES string of the molecule is O=C(NO)c1cn2c(n1)CN(C(=O)c1sc3ccccc3c1Cl)CC2. The molecule has 2 N–H and O–H groups in total. The van der Waals surface area contributed by atoms with E-state index in [-0.39, 0.29) is 18.1 Å². The molecule has 7 nitrogen and oxygen atoms in total. The van der Waals surface area contributed by atoms with E-state index in [2.05, 4.69) is 4.98 Å². The van der Waals surface area contributed by atoms with Crippen molar-refractivity contribution >= 4 is 44.8 Å². The standard InChI is InChI=1S/C16H13ClN4O3S/c17-13-9-3-1-2-4-11(9)25-14(13)16(23)21-6-5-20-7-10(15(22)19-24)18-12(20)8-21/h1-4,7,24H,5-6,8H2,(H,19,22). The van der Waals surface area contributed by atoms with Crippen LogP contribution in [-0.2, 0) is 13.1 Å². The molecule has 25 heavy (non-hydrogen) atoms. The van der Waals surface area contributed by atoms with Crippen molar-refractivity contribution in [2.45, 2.75) is 13.1 Å². The maximum absolute atomic E-state index is 12.9. The summed E-state index contributed by atoms with van der Waals surface area (Å²) in [6.45, 7) is 1.30. The molecule has 0 aliphatic carbocycles. The molecule has 0 unspecified atom stereocenters. The number of carbonyl (C=O) groups is 2. The molecule has 0 fully saturated rings. The minimum Gasteiger partial charge on any atom is -0.331 e. The maximum atomic E-state index is 12.9. The van der Waals surface area contributed by atoms with Crippen LogP contribution in [0.5, 0.6) is 0 Å². The molecule has 3 heterocycles. The minimum atomic E-state index is -0.674. The number of hydrogen-bond acceptors (Lipinski definition) is 5. The number of thiophene rings is 1. The van der Waals surface area contributed by atoms with Crippen molar-refractivity contribution in [2.75, 3.05) is 6.54 Å². The molecule has 1 aliphatic rings. The first-order valence-electron chi connectivity index (χ1n) is 7.55. The van der Waals surface area contributed by atoms with E-state index in [0.717, 1.165) is 10.1 Å². The zero-order valence-corrected chi connectivity index (χ0v) is 14.5. The lowest BCUT2D eigenvalue weighted by molar-refractivity contribution is 0.0700. The van der Waals surface area contributed by atoms with Crippen LogP contribution in [0.3, 0.4) is 0 Å². The largest absolute Gasteiger partial charge is 0.331 e. The average Bonchev–Trinajstić information content (AvgIpc) is 3.21. The van der Waals surface area contributed by atoms with Crippen LogP contribution in [0, 0.1) is 0 Å². The molecule has 1 aliphatic heterocycles. The molecule has 3 aromatic rings. The zero-order valence-electron chi connectivity index (χ0n) is 12.9. The average molecular weight is 377 g/mol. The van der Waals surface area contributed by atoms with E-state index in [9.17, 15) is 9.59 Å². The molecule has 4 rings (SSSR count). The smallest absolute Gasteiger partial charge is 0.294 e. The lowest BCUT2D eigenvalue weighted by Crippen LogP contribution is -2.38. The second kappa shape index (κ2) is 6.14. The quantitative estimate of drug-likeness (QED) is 0.531. The molecular weight excluding hydrogens is 364 g/mol. The zero-order chi connectivity index (χ0) is 17.6. The van der Waals surface area contributed by atoms with Gasteiger partial charge < -0.3 is 9.47 Å². The summed E-state index contributed by atoms with van der Waals surface area (Å²) in [6, 6.07) is 7.63. The maximum Gasteiger partial charge on any atom is 0.294 e. The number of hydrogen-bond donors (Lipinski definition) is 2. The van der Waals surface area contributed by atoms with Crippen molar-refractivity contribution in [3.8, 4) is 0 Å². The summed E-state index contributed by atoms with van der Waals surface area (Å²) in [6.07, 6.45) is 1.56. The fraction of sp³-hybridized carbons (Fsp3) is 0.188. The second-order valence-electron chi connectivity index (χ2n) is 5.64. The van der Waals surface area contributed by atoms with Gasteiger partial charge in [0.1, 0.15) is 16.4 Å². The van der Waals surface area contributed by atoms with E-state index in [4.69, 9.17) is 16.8 Å². The van der Waals surface area contributed by atoms with Gasteiger partial charge in [0.2, 0.25) is 0 Å². The van der Waals surface area contributed by atoms with Gasteiger partial charge in [0.05, 0.1) is 11.6 Å². The molecule has 0 atom stereocenters. The Hall–Kier alpha value is -2.42. The van der Waals surface area contributed by atoms with Gasteiger partial charge in [-0.25, -0.2) is 10.5 Å². The first kappa shape index (κ1) is 16.1. The lowest BCUT2D eigenvalue weighted by Gasteiger charge is -2.27. The fourth-order valence-electron chi connectivity index (χ4n) is 2.89. The van der Waals surface area contributed by atoms with Crippen molar-refractivity contribution in [2.24, 2.45) is 0 Å². The molecular formula is C16H13ClN4O3S. The first-order chi connectivity index (χ1) is 12.1. The van der Waals surface area contributed by atoms with Gasteiger partial charge in [-0.1, -0.05) is 29.8 Å². The van der Waals surface area contributed by atoms with Gasteiger partial charge in [-0.3, -0.25) is 14.8 Å². The number of hydroxylamine groups is 1. The van der Waals surface area contributed by atoms with E-state index in [0.29, 0.717) is 28.8 Å². The van der Waals surface area contributed by atoms with Crippen LogP contribution in [0.2, 0.25) is 5.02 Å². The molecule has 1 aromatic carbocycles. The molecule has 128 valence electrons. The van der Waals surface area contributed by atoms with Gasteiger partial charge in [0.15, 0.2) is 0 Å². The molecule has 2 amide bonds. The van der Waals surface area contributed by atoms with Crippen LogP contribution < -0.4 is 5.48 Å². The summed E-state index contributed by atoms with van der Waals surface area (Å²) in [7, 11) is 0. The van der Waals surface area contributed by atoms with Gasteiger partial charge in [-0.15, -0.1) is 11.3 Å². The van der Waals surface area contributed by atoms with Crippen molar-refractivity contribution in [1.82, 2.24) is 19.9 Å². The van der Waals surface area contributed by atoms with Gasteiger partial charge in [-0.05, 0) is 6.07 Å². The van der Waals surface area contributed by atoms with Gasteiger partial charge in [0, 0.05) is 29.4 Å². The monoisotopic (exact) mass is 376 g/mol. The molecule has 0 radical (unpaired) electrons.